The minimum atomic E-state index is 0.135. The summed E-state index contributed by atoms with van der Waals surface area (Å²) in [5.41, 5.74) is 4.16. The van der Waals surface area contributed by atoms with Crippen LogP contribution >= 0.6 is 0 Å². The summed E-state index contributed by atoms with van der Waals surface area (Å²) in [6.07, 6.45) is 0.978. The zero-order valence-corrected chi connectivity index (χ0v) is 18.6. The molecular weight excluding hydrogens is 404 g/mol. The van der Waals surface area contributed by atoms with Gasteiger partial charge in [0.25, 0.3) is 0 Å². The van der Waals surface area contributed by atoms with Crippen LogP contribution in [0.4, 0.5) is 5.69 Å². The maximum absolute atomic E-state index is 11.8. The lowest BCUT2D eigenvalue weighted by molar-refractivity contribution is -0.534. The number of rotatable bonds is 7. The van der Waals surface area contributed by atoms with E-state index in [-0.39, 0.29) is 5.41 Å². The molecule has 3 aromatic rings. The summed E-state index contributed by atoms with van der Waals surface area (Å²) in [6, 6.07) is 16.3. The van der Waals surface area contributed by atoms with Crippen LogP contribution in [0.1, 0.15) is 6.42 Å². The van der Waals surface area contributed by atoms with Gasteiger partial charge in [-0.15, -0.1) is 0 Å². The first-order valence-electron chi connectivity index (χ1n) is 11.1. The number of hydrogen-bond acceptors (Lipinski definition) is 6. The number of ether oxygens (including phenoxy) is 2. The molecule has 0 atom stereocenters. The highest BCUT2D eigenvalue weighted by molar-refractivity contribution is 5.95. The van der Waals surface area contributed by atoms with Crippen LogP contribution in [0.25, 0.3) is 22.2 Å². The van der Waals surface area contributed by atoms with E-state index in [1.165, 1.54) is 4.76 Å². The van der Waals surface area contributed by atoms with Gasteiger partial charge in [-0.25, -0.2) is 4.98 Å². The standard InChI is InChI=1S/C25H29N4O3/c1-26-10-12-32-19-5-3-18(4-6-19)22-14-24(21-8-7-20(31-2)13-23(21)27-22)28-15-25(16-28)9-11-29(30)17-25/h3-8,13-14,26H,9-12,15-17H2,1-2H3/q+1. The monoisotopic (exact) mass is 433 g/mol. The van der Waals surface area contributed by atoms with Gasteiger partial charge in [0.05, 0.1) is 23.7 Å². The summed E-state index contributed by atoms with van der Waals surface area (Å²) in [4.78, 5) is 19.1. The van der Waals surface area contributed by atoms with Crippen LogP contribution in [0.3, 0.4) is 0 Å². The fraction of sp³-hybridized carbons (Fsp3) is 0.400. The Morgan fingerprint density at radius 1 is 1.12 bits per heavy atom. The smallest absolute Gasteiger partial charge is 0.201 e. The number of likely N-dealkylation sites (N-methyl/N-ethyl adjacent to an activating group) is 1. The molecule has 0 unspecified atom stereocenters. The lowest BCUT2D eigenvalue weighted by atomic mass is 9.78. The molecule has 2 saturated heterocycles. The number of hydrogen-bond donors (Lipinski definition) is 1. The molecule has 2 aliphatic heterocycles. The number of benzene rings is 2. The van der Waals surface area contributed by atoms with E-state index in [1.807, 2.05) is 31.3 Å². The molecule has 7 heteroatoms. The van der Waals surface area contributed by atoms with E-state index >= 15 is 0 Å². The van der Waals surface area contributed by atoms with Gasteiger partial charge in [-0.1, -0.05) is 0 Å². The Morgan fingerprint density at radius 2 is 1.91 bits per heavy atom. The third kappa shape index (κ3) is 3.88. The SMILES string of the molecule is CNCCOc1ccc(-c2cc(N3CC4(CC[N+](=O)C4)C3)c3ccc(OC)cc3n2)cc1. The van der Waals surface area contributed by atoms with Gasteiger partial charge >= 0.3 is 0 Å². The van der Waals surface area contributed by atoms with Crippen molar-refractivity contribution in [2.75, 3.05) is 58.4 Å². The zero-order chi connectivity index (χ0) is 22.1. The van der Waals surface area contributed by atoms with Crippen LogP contribution < -0.4 is 19.7 Å². The number of fused-ring (bicyclic) bond motifs is 1. The van der Waals surface area contributed by atoms with Crippen LogP contribution in [-0.2, 0) is 0 Å². The first kappa shape index (κ1) is 20.7. The fourth-order valence-electron chi connectivity index (χ4n) is 4.81. The average molecular weight is 434 g/mol. The molecule has 2 aromatic carbocycles. The molecule has 0 aliphatic carbocycles. The van der Waals surface area contributed by atoms with Gasteiger partial charge in [0, 0.05) is 53.7 Å². The van der Waals surface area contributed by atoms with Gasteiger partial charge in [-0.3, -0.25) is 0 Å². The summed E-state index contributed by atoms with van der Waals surface area (Å²) in [7, 11) is 3.58. The van der Waals surface area contributed by atoms with Crippen molar-refractivity contribution >= 4 is 16.6 Å². The fourth-order valence-corrected chi connectivity index (χ4v) is 4.81. The van der Waals surface area contributed by atoms with Gasteiger partial charge in [0.2, 0.25) is 6.54 Å². The largest absolute Gasteiger partial charge is 0.497 e. The molecule has 0 saturated carbocycles. The molecule has 0 radical (unpaired) electrons. The molecule has 3 heterocycles. The summed E-state index contributed by atoms with van der Waals surface area (Å²) >= 11 is 0. The van der Waals surface area contributed by atoms with E-state index in [2.05, 4.69) is 34.5 Å². The highest BCUT2D eigenvalue weighted by atomic mass is 16.5. The van der Waals surface area contributed by atoms with E-state index in [0.29, 0.717) is 19.7 Å². The molecule has 1 aromatic heterocycles. The molecule has 2 aliphatic rings. The molecule has 166 valence electrons. The van der Waals surface area contributed by atoms with Gasteiger partial charge in [0.15, 0.2) is 6.54 Å². The third-order valence-corrected chi connectivity index (χ3v) is 6.56. The summed E-state index contributed by atoms with van der Waals surface area (Å²) in [5, 5.41) is 4.18. The summed E-state index contributed by atoms with van der Waals surface area (Å²) in [5.74, 6) is 1.64. The maximum Gasteiger partial charge on any atom is 0.201 e. The van der Waals surface area contributed by atoms with Crippen molar-refractivity contribution in [2.45, 2.75) is 6.42 Å². The zero-order valence-electron chi connectivity index (χ0n) is 18.6. The Bertz CT molecular complexity index is 1140. The molecule has 7 nitrogen and oxygen atoms in total. The van der Waals surface area contributed by atoms with Crippen LogP contribution in [0.5, 0.6) is 11.5 Å². The second-order valence-electron chi connectivity index (χ2n) is 8.86. The van der Waals surface area contributed by atoms with Crippen LogP contribution in [0, 0.1) is 10.3 Å². The molecule has 1 spiro atoms. The molecule has 5 rings (SSSR count). The number of methoxy groups -OCH3 is 1. The Morgan fingerprint density at radius 3 is 2.59 bits per heavy atom. The topological polar surface area (TPSA) is 66.7 Å². The molecule has 2 fully saturated rings. The predicted molar refractivity (Wildman–Crippen MR) is 126 cm³/mol. The van der Waals surface area contributed by atoms with Crippen molar-refractivity contribution < 1.29 is 14.2 Å². The second-order valence-corrected chi connectivity index (χ2v) is 8.86. The minimum Gasteiger partial charge on any atom is -0.497 e. The quantitative estimate of drug-likeness (QED) is 0.454. The van der Waals surface area contributed by atoms with Crippen molar-refractivity contribution in [1.82, 2.24) is 10.3 Å². The van der Waals surface area contributed by atoms with Gasteiger partial charge in [0.1, 0.15) is 18.1 Å². The number of pyridine rings is 1. The lowest BCUT2D eigenvalue weighted by Gasteiger charge is -2.47. The normalized spacial score (nSPS) is 17.1. The second kappa shape index (κ2) is 8.39. The Balaban J connectivity index is 1.47. The first-order chi connectivity index (χ1) is 15.6. The van der Waals surface area contributed by atoms with Crippen molar-refractivity contribution in [3.8, 4) is 22.8 Å². The van der Waals surface area contributed by atoms with E-state index < -0.39 is 0 Å². The first-order valence-corrected chi connectivity index (χ1v) is 11.1. The highest BCUT2D eigenvalue weighted by Gasteiger charge is 2.53. The summed E-state index contributed by atoms with van der Waals surface area (Å²) < 4.78 is 12.4. The van der Waals surface area contributed by atoms with Crippen molar-refractivity contribution in [3.05, 3.63) is 53.4 Å². The van der Waals surface area contributed by atoms with Crippen LogP contribution in [0.15, 0.2) is 48.5 Å². The van der Waals surface area contributed by atoms with E-state index in [4.69, 9.17) is 14.5 Å². The van der Waals surface area contributed by atoms with Crippen molar-refractivity contribution in [3.63, 3.8) is 0 Å². The number of anilines is 1. The number of nitroso groups, excluding NO2 is 1. The summed E-state index contributed by atoms with van der Waals surface area (Å²) in [6.45, 7) is 4.55. The van der Waals surface area contributed by atoms with E-state index in [9.17, 15) is 4.91 Å². The Labute approximate surface area is 187 Å². The third-order valence-electron chi connectivity index (χ3n) is 6.56. The van der Waals surface area contributed by atoms with Crippen molar-refractivity contribution in [1.29, 1.82) is 0 Å². The van der Waals surface area contributed by atoms with Crippen molar-refractivity contribution in [2.24, 2.45) is 5.41 Å². The predicted octanol–water partition coefficient (Wildman–Crippen LogP) is 3.50. The lowest BCUT2D eigenvalue weighted by Crippen LogP contribution is -2.57. The molecule has 1 N–H and O–H groups in total. The molecule has 32 heavy (non-hydrogen) atoms. The number of nitrogens with zero attached hydrogens (tertiary/aromatic N) is 3. The van der Waals surface area contributed by atoms with E-state index in [0.717, 1.165) is 65.4 Å². The maximum atomic E-state index is 11.8. The Kier molecular flexibility index (Phi) is 5.43. The molecular formula is C25H29N4O3+. The number of nitrogens with one attached hydrogen (secondary N) is 1. The van der Waals surface area contributed by atoms with Gasteiger partial charge < -0.3 is 19.7 Å². The minimum absolute atomic E-state index is 0.135. The van der Waals surface area contributed by atoms with Gasteiger partial charge in [-0.2, -0.15) is 0 Å². The van der Waals surface area contributed by atoms with E-state index in [1.54, 1.807) is 7.11 Å². The number of aromatic nitrogens is 1. The Hall–Kier alpha value is -3.19. The van der Waals surface area contributed by atoms with Crippen LogP contribution in [0.2, 0.25) is 0 Å². The highest BCUT2D eigenvalue weighted by Crippen LogP contribution is 2.43. The molecule has 0 amide bonds. The van der Waals surface area contributed by atoms with Crippen LogP contribution in [-0.4, -0.2) is 63.2 Å². The average Bonchev–Trinajstić information content (AvgIpc) is 3.19. The molecule has 0 bridgehead atoms. The van der Waals surface area contributed by atoms with Gasteiger partial charge in [-0.05, 0) is 54.3 Å².